The molecule has 0 fully saturated rings. The number of carboxylic acids is 1. The van der Waals surface area contributed by atoms with Gasteiger partial charge in [0.2, 0.25) is 0 Å². The number of nitrogens with one attached hydrogen (secondary N) is 1. The SMILES string of the molecule is O=C(N[C@@H](Cc1c2ccccc2cc2ccccc12)C(=O)O)c1ccc2ccccc2n1. The molecule has 0 radical (unpaired) electrons. The quantitative estimate of drug-likeness (QED) is 0.394. The van der Waals surface area contributed by atoms with Crippen molar-refractivity contribution in [2.24, 2.45) is 0 Å². The van der Waals surface area contributed by atoms with E-state index < -0.39 is 17.9 Å². The molecule has 1 amide bonds. The molecule has 1 aromatic heterocycles. The van der Waals surface area contributed by atoms with E-state index in [9.17, 15) is 14.7 Å². The maximum Gasteiger partial charge on any atom is 0.326 e. The van der Waals surface area contributed by atoms with Crippen molar-refractivity contribution in [3.63, 3.8) is 0 Å². The fourth-order valence-electron chi connectivity index (χ4n) is 4.16. The number of carboxylic acid groups (broad SMARTS) is 1. The van der Waals surface area contributed by atoms with Gasteiger partial charge < -0.3 is 10.4 Å². The fourth-order valence-corrected chi connectivity index (χ4v) is 4.16. The second kappa shape index (κ2) is 8.12. The third-order valence-electron chi connectivity index (χ3n) is 5.73. The zero-order chi connectivity index (χ0) is 22.1. The monoisotopic (exact) mass is 420 g/mol. The second-order valence-corrected chi connectivity index (χ2v) is 7.75. The molecule has 5 heteroatoms. The molecule has 0 bridgehead atoms. The highest BCUT2D eigenvalue weighted by Gasteiger charge is 2.24. The van der Waals surface area contributed by atoms with E-state index in [-0.39, 0.29) is 12.1 Å². The summed E-state index contributed by atoms with van der Waals surface area (Å²) in [7, 11) is 0. The average Bonchev–Trinajstić information content (AvgIpc) is 2.82. The third kappa shape index (κ3) is 3.65. The molecule has 4 aromatic carbocycles. The van der Waals surface area contributed by atoms with Gasteiger partial charge in [-0.3, -0.25) is 4.79 Å². The van der Waals surface area contributed by atoms with Crippen molar-refractivity contribution in [3.8, 4) is 0 Å². The Morgan fingerprint density at radius 1 is 0.781 bits per heavy atom. The van der Waals surface area contributed by atoms with Gasteiger partial charge in [0.05, 0.1) is 5.52 Å². The van der Waals surface area contributed by atoms with Crippen LogP contribution in [0.5, 0.6) is 0 Å². The Balaban J connectivity index is 1.51. The van der Waals surface area contributed by atoms with Crippen LogP contribution in [0.1, 0.15) is 16.1 Å². The Labute approximate surface area is 184 Å². The summed E-state index contributed by atoms with van der Waals surface area (Å²) in [4.78, 5) is 29.4. The molecule has 5 rings (SSSR count). The molecular weight excluding hydrogens is 400 g/mol. The zero-order valence-electron chi connectivity index (χ0n) is 17.2. The minimum atomic E-state index is -1.09. The fraction of sp³-hybridized carbons (Fsp3) is 0.0741. The van der Waals surface area contributed by atoms with Gasteiger partial charge in [-0.15, -0.1) is 0 Å². The molecule has 0 aliphatic carbocycles. The Kier molecular flexibility index (Phi) is 5.00. The molecule has 5 aromatic rings. The smallest absolute Gasteiger partial charge is 0.326 e. The highest BCUT2D eigenvalue weighted by atomic mass is 16.4. The maximum absolute atomic E-state index is 12.9. The molecule has 0 aliphatic heterocycles. The molecule has 32 heavy (non-hydrogen) atoms. The van der Waals surface area contributed by atoms with E-state index >= 15 is 0 Å². The van der Waals surface area contributed by atoms with Crippen molar-refractivity contribution < 1.29 is 14.7 Å². The number of rotatable bonds is 5. The number of fused-ring (bicyclic) bond motifs is 3. The number of aromatic nitrogens is 1. The van der Waals surface area contributed by atoms with Crippen LogP contribution in [-0.2, 0) is 11.2 Å². The van der Waals surface area contributed by atoms with E-state index in [0.29, 0.717) is 5.52 Å². The van der Waals surface area contributed by atoms with E-state index in [1.54, 1.807) is 6.07 Å². The third-order valence-corrected chi connectivity index (χ3v) is 5.73. The largest absolute Gasteiger partial charge is 0.480 e. The lowest BCUT2D eigenvalue weighted by Gasteiger charge is -2.18. The molecule has 0 saturated carbocycles. The van der Waals surface area contributed by atoms with E-state index in [2.05, 4.69) is 16.4 Å². The first-order valence-corrected chi connectivity index (χ1v) is 10.4. The molecule has 1 heterocycles. The van der Waals surface area contributed by atoms with Gasteiger partial charge in [0.1, 0.15) is 11.7 Å². The number of benzene rings is 4. The summed E-state index contributed by atoms with van der Waals surface area (Å²) in [5, 5.41) is 17.5. The Morgan fingerprint density at radius 3 is 2.03 bits per heavy atom. The first-order chi connectivity index (χ1) is 15.6. The predicted octanol–water partition coefficient (Wildman–Crippen LogP) is 4.97. The van der Waals surface area contributed by atoms with Crippen LogP contribution in [0.15, 0.2) is 91.0 Å². The van der Waals surface area contributed by atoms with Crippen LogP contribution in [0.2, 0.25) is 0 Å². The van der Waals surface area contributed by atoms with Gasteiger partial charge in [0.15, 0.2) is 0 Å². The van der Waals surface area contributed by atoms with Crippen molar-refractivity contribution in [3.05, 3.63) is 102 Å². The number of carbonyl (C=O) groups excluding carboxylic acids is 1. The Bertz CT molecular complexity index is 1440. The van der Waals surface area contributed by atoms with Crippen molar-refractivity contribution in [2.75, 3.05) is 0 Å². The van der Waals surface area contributed by atoms with Gasteiger partial charge in [-0.05, 0) is 45.3 Å². The lowest BCUT2D eigenvalue weighted by atomic mass is 9.92. The summed E-state index contributed by atoms with van der Waals surface area (Å²) in [6.07, 6.45) is 0.163. The minimum absolute atomic E-state index is 0.163. The van der Waals surface area contributed by atoms with Gasteiger partial charge in [-0.1, -0.05) is 72.8 Å². The number of nitrogens with zero attached hydrogens (tertiary/aromatic N) is 1. The Morgan fingerprint density at radius 2 is 1.38 bits per heavy atom. The standard InChI is InChI=1S/C27H20N2O3/c30-26(24-14-13-17-7-3-6-12-23(17)28-24)29-25(27(31)32)16-22-20-10-4-1-8-18(20)15-19-9-2-5-11-21(19)22/h1-15,25H,16H2,(H,29,30)(H,31,32)/t25-/m0/s1. The van der Waals surface area contributed by atoms with Gasteiger partial charge in [-0.25, -0.2) is 9.78 Å². The van der Waals surface area contributed by atoms with Crippen molar-refractivity contribution in [1.29, 1.82) is 0 Å². The molecule has 156 valence electrons. The number of carbonyl (C=O) groups is 2. The summed E-state index contributed by atoms with van der Waals surface area (Å²) in [5.74, 6) is -1.59. The first-order valence-electron chi connectivity index (χ1n) is 10.4. The number of hydrogen-bond acceptors (Lipinski definition) is 3. The van der Waals surface area contributed by atoms with E-state index in [0.717, 1.165) is 32.5 Å². The van der Waals surface area contributed by atoms with E-state index in [4.69, 9.17) is 0 Å². The predicted molar refractivity (Wildman–Crippen MR) is 126 cm³/mol. The summed E-state index contributed by atoms with van der Waals surface area (Å²) < 4.78 is 0. The van der Waals surface area contributed by atoms with Crippen molar-refractivity contribution in [2.45, 2.75) is 12.5 Å². The first kappa shape index (κ1) is 19.7. The van der Waals surface area contributed by atoms with Crippen LogP contribution in [0.3, 0.4) is 0 Å². The van der Waals surface area contributed by atoms with Crippen molar-refractivity contribution in [1.82, 2.24) is 10.3 Å². The number of pyridine rings is 1. The van der Waals surface area contributed by atoms with Gasteiger partial charge in [0, 0.05) is 11.8 Å². The summed E-state index contributed by atoms with van der Waals surface area (Å²) in [6.45, 7) is 0. The van der Waals surface area contributed by atoms with Crippen LogP contribution < -0.4 is 5.32 Å². The van der Waals surface area contributed by atoms with Gasteiger partial charge >= 0.3 is 5.97 Å². The Hall–Kier alpha value is -4.25. The highest BCUT2D eigenvalue weighted by molar-refractivity contribution is 6.03. The minimum Gasteiger partial charge on any atom is -0.480 e. The molecular formula is C27H20N2O3. The molecule has 1 atom stereocenters. The van der Waals surface area contributed by atoms with Crippen molar-refractivity contribution >= 4 is 44.3 Å². The normalized spacial score (nSPS) is 12.1. The summed E-state index contributed by atoms with van der Waals surface area (Å²) in [6, 6.07) is 27.7. The van der Waals surface area contributed by atoms with Gasteiger partial charge in [-0.2, -0.15) is 0 Å². The second-order valence-electron chi connectivity index (χ2n) is 7.75. The van der Waals surface area contributed by atoms with Crippen LogP contribution in [0.4, 0.5) is 0 Å². The number of aliphatic carboxylic acids is 1. The number of para-hydroxylation sites is 1. The average molecular weight is 420 g/mol. The molecule has 0 unspecified atom stereocenters. The summed E-state index contributed by atoms with van der Waals surface area (Å²) >= 11 is 0. The molecule has 5 nitrogen and oxygen atoms in total. The summed E-state index contributed by atoms with van der Waals surface area (Å²) in [5.41, 5.74) is 1.78. The maximum atomic E-state index is 12.9. The molecule has 0 spiro atoms. The van der Waals surface area contributed by atoms with Crippen LogP contribution >= 0.6 is 0 Å². The van der Waals surface area contributed by atoms with Gasteiger partial charge in [0.25, 0.3) is 5.91 Å². The number of hydrogen-bond donors (Lipinski definition) is 2. The van der Waals surface area contributed by atoms with Crippen LogP contribution in [0.25, 0.3) is 32.4 Å². The molecule has 2 N–H and O–H groups in total. The number of amides is 1. The van der Waals surface area contributed by atoms with Crippen LogP contribution in [-0.4, -0.2) is 28.0 Å². The lowest BCUT2D eigenvalue weighted by Crippen LogP contribution is -2.42. The highest BCUT2D eigenvalue weighted by Crippen LogP contribution is 2.29. The zero-order valence-corrected chi connectivity index (χ0v) is 17.2. The lowest BCUT2D eigenvalue weighted by molar-refractivity contribution is -0.139. The molecule has 0 aliphatic rings. The molecule has 0 saturated heterocycles. The van der Waals surface area contributed by atoms with E-state index in [1.165, 1.54) is 0 Å². The topological polar surface area (TPSA) is 79.3 Å². The van der Waals surface area contributed by atoms with E-state index in [1.807, 2.05) is 78.9 Å². The van der Waals surface area contributed by atoms with Crippen LogP contribution in [0, 0.1) is 0 Å².